The standard InChI is InChI=1S/C14H18ClNO2S/c1-10-7-19-12(11(10)15)13(17)16-5-4-14(8-16)3-2-6-18-9-14/h7H,2-6,8-9H2,1H3. The van der Waals surface area contributed by atoms with Crippen LogP contribution in [0.4, 0.5) is 0 Å². The van der Waals surface area contributed by atoms with Gasteiger partial charge < -0.3 is 9.64 Å². The highest BCUT2D eigenvalue weighted by Crippen LogP contribution is 2.39. The minimum atomic E-state index is 0.0885. The Hall–Kier alpha value is -0.580. The Bertz CT molecular complexity index is 494. The Morgan fingerprint density at radius 2 is 2.37 bits per heavy atom. The van der Waals surface area contributed by atoms with E-state index in [9.17, 15) is 4.79 Å². The molecule has 2 aliphatic rings. The minimum absolute atomic E-state index is 0.0885. The lowest BCUT2D eigenvalue weighted by atomic mass is 9.82. The molecule has 1 spiro atoms. The van der Waals surface area contributed by atoms with E-state index in [0.717, 1.165) is 44.7 Å². The van der Waals surface area contributed by atoms with Crippen LogP contribution in [0.2, 0.25) is 5.02 Å². The topological polar surface area (TPSA) is 29.5 Å². The fourth-order valence-corrected chi connectivity index (χ4v) is 4.30. The van der Waals surface area contributed by atoms with Crippen molar-refractivity contribution in [1.29, 1.82) is 0 Å². The lowest BCUT2D eigenvalue weighted by molar-refractivity contribution is -0.00157. The van der Waals surface area contributed by atoms with Gasteiger partial charge in [-0.3, -0.25) is 4.79 Å². The summed E-state index contributed by atoms with van der Waals surface area (Å²) < 4.78 is 5.61. The van der Waals surface area contributed by atoms with Gasteiger partial charge >= 0.3 is 0 Å². The van der Waals surface area contributed by atoms with Crippen molar-refractivity contribution < 1.29 is 9.53 Å². The van der Waals surface area contributed by atoms with Crippen molar-refractivity contribution in [2.75, 3.05) is 26.3 Å². The number of carbonyl (C=O) groups is 1. The number of thiophene rings is 1. The van der Waals surface area contributed by atoms with Gasteiger partial charge in [0.05, 0.1) is 11.6 Å². The van der Waals surface area contributed by atoms with E-state index in [0.29, 0.717) is 9.90 Å². The van der Waals surface area contributed by atoms with Crippen molar-refractivity contribution in [2.24, 2.45) is 5.41 Å². The molecular weight excluding hydrogens is 282 g/mol. The van der Waals surface area contributed by atoms with Crippen LogP contribution in [0.5, 0.6) is 0 Å². The molecule has 1 unspecified atom stereocenters. The summed E-state index contributed by atoms with van der Waals surface area (Å²) in [6.45, 7) is 5.25. The smallest absolute Gasteiger partial charge is 0.265 e. The number of nitrogens with zero attached hydrogens (tertiary/aromatic N) is 1. The highest BCUT2D eigenvalue weighted by molar-refractivity contribution is 7.13. The van der Waals surface area contributed by atoms with Crippen molar-refractivity contribution >= 4 is 28.8 Å². The van der Waals surface area contributed by atoms with Gasteiger partial charge in [-0.15, -0.1) is 11.3 Å². The maximum atomic E-state index is 12.5. The lowest BCUT2D eigenvalue weighted by Crippen LogP contribution is -2.37. The molecule has 104 valence electrons. The second-order valence-corrected chi connectivity index (χ2v) is 6.95. The number of hydrogen-bond donors (Lipinski definition) is 0. The van der Waals surface area contributed by atoms with Crippen LogP contribution in [0.15, 0.2) is 5.38 Å². The zero-order valence-corrected chi connectivity index (χ0v) is 12.6. The third-order valence-electron chi connectivity index (χ3n) is 4.22. The molecule has 0 bridgehead atoms. The number of ether oxygens (including phenoxy) is 1. The number of halogens is 1. The van der Waals surface area contributed by atoms with E-state index < -0.39 is 0 Å². The molecule has 3 nitrogen and oxygen atoms in total. The van der Waals surface area contributed by atoms with Gasteiger partial charge in [0, 0.05) is 25.1 Å². The highest BCUT2D eigenvalue weighted by Gasteiger charge is 2.41. The first-order valence-electron chi connectivity index (χ1n) is 6.72. The molecule has 1 aromatic heterocycles. The van der Waals surface area contributed by atoms with Crippen LogP contribution in [0.1, 0.15) is 34.5 Å². The Labute approximate surface area is 122 Å². The van der Waals surface area contributed by atoms with Gasteiger partial charge in [-0.05, 0) is 37.1 Å². The largest absolute Gasteiger partial charge is 0.381 e. The number of amides is 1. The normalized spacial score (nSPS) is 27.2. The van der Waals surface area contributed by atoms with Gasteiger partial charge in [-0.2, -0.15) is 0 Å². The predicted molar refractivity (Wildman–Crippen MR) is 77.1 cm³/mol. The summed E-state index contributed by atoms with van der Waals surface area (Å²) in [6.07, 6.45) is 3.34. The third-order valence-corrected chi connectivity index (χ3v) is 5.91. The summed E-state index contributed by atoms with van der Waals surface area (Å²) in [7, 11) is 0. The van der Waals surface area contributed by atoms with E-state index in [2.05, 4.69) is 0 Å². The van der Waals surface area contributed by atoms with Gasteiger partial charge in [0.25, 0.3) is 5.91 Å². The van der Waals surface area contributed by atoms with Gasteiger partial charge in [0.1, 0.15) is 4.88 Å². The molecule has 3 rings (SSSR count). The quantitative estimate of drug-likeness (QED) is 0.796. The predicted octanol–water partition coefficient (Wildman–Crippen LogP) is 3.35. The van der Waals surface area contributed by atoms with E-state index in [1.54, 1.807) is 0 Å². The Kier molecular flexibility index (Phi) is 3.58. The van der Waals surface area contributed by atoms with Crippen LogP contribution < -0.4 is 0 Å². The Balaban J connectivity index is 1.74. The van der Waals surface area contributed by atoms with Crippen molar-refractivity contribution in [2.45, 2.75) is 26.2 Å². The molecule has 0 N–H and O–H groups in total. The van der Waals surface area contributed by atoms with E-state index in [-0.39, 0.29) is 11.3 Å². The summed E-state index contributed by atoms with van der Waals surface area (Å²) in [4.78, 5) is 15.2. The average molecular weight is 300 g/mol. The summed E-state index contributed by atoms with van der Waals surface area (Å²) in [5, 5.41) is 2.57. The number of carbonyl (C=O) groups excluding carboxylic acids is 1. The Morgan fingerprint density at radius 1 is 1.53 bits per heavy atom. The zero-order valence-electron chi connectivity index (χ0n) is 11.1. The Morgan fingerprint density at radius 3 is 3.00 bits per heavy atom. The molecule has 0 saturated carbocycles. The van der Waals surface area contributed by atoms with Crippen LogP contribution >= 0.6 is 22.9 Å². The van der Waals surface area contributed by atoms with Crippen LogP contribution in [-0.4, -0.2) is 37.1 Å². The fourth-order valence-electron chi connectivity index (χ4n) is 3.06. The number of hydrogen-bond acceptors (Lipinski definition) is 3. The monoisotopic (exact) mass is 299 g/mol. The first-order valence-corrected chi connectivity index (χ1v) is 7.98. The molecule has 1 amide bonds. The van der Waals surface area contributed by atoms with Crippen molar-refractivity contribution in [3.05, 3.63) is 20.8 Å². The van der Waals surface area contributed by atoms with Crippen LogP contribution in [0, 0.1) is 12.3 Å². The van der Waals surface area contributed by atoms with Gasteiger partial charge in [0.15, 0.2) is 0 Å². The average Bonchev–Trinajstić information content (AvgIpc) is 2.96. The molecule has 0 aliphatic carbocycles. The number of likely N-dealkylation sites (tertiary alicyclic amines) is 1. The third kappa shape index (κ3) is 2.41. The molecule has 0 aromatic carbocycles. The zero-order chi connectivity index (χ0) is 13.5. The van der Waals surface area contributed by atoms with E-state index >= 15 is 0 Å². The molecule has 5 heteroatoms. The summed E-state index contributed by atoms with van der Waals surface area (Å²) >= 11 is 7.65. The highest BCUT2D eigenvalue weighted by atomic mass is 35.5. The van der Waals surface area contributed by atoms with Crippen LogP contribution in [-0.2, 0) is 4.74 Å². The molecule has 19 heavy (non-hydrogen) atoms. The van der Waals surface area contributed by atoms with E-state index in [1.165, 1.54) is 17.8 Å². The first-order chi connectivity index (χ1) is 9.11. The van der Waals surface area contributed by atoms with Gasteiger partial charge in [-0.1, -0.05) is 11.6 Å². The molecular formula is C14H18ClNO2S. The SMILES string of the molecule is Cc1csc(C(=O)N2CCC3(CCCOC3)C2)c1Cl. The molecule has 2 saturated heterocycles. The van der Waals surface area contributed by atoms with Crippen LogP contribution in [0.25, 0.3) is 0 Å². The maximum Gasteiger partial charge on any atom is 0.265 e. The summed E-state index contributed by atoms with van der Waals surface area (Å²) in [6, 6.07) is 0. The van der Waals surface area contributed by atoms with Gasteiger partial charge in [-0.25, -0.2) is 0 Å². The van der Waals surface area contributed by atoms with Crippen molar-refractivity contribution in [3.63, 3.8) is 0 Å². The molecule has 1 atom stereocenters. The summed E-state index contributed by atoms with van der Waals surface area (Å²) in [5.74, 6) is 0.0885. The van der Waals surface area contributed by atoms with E-state index in [4.69, 9.17) is 16.3 Å². The van der Waals surface area contributed by atoms with Crippen molar-refractivity contribution in [3.8, 4) is 0 Å². The first kappa shape index (κ1) is 13.4. The summed E-state index contributed by atoms with van der Waals surface area (Å²) in [5.41, 5.74) is 1.19. The molecule has 1 aromatic rings. The second kappa shape index (κ2) is 5.08. The number of rotatable bonds is 1. The van der Waals surface area contributed by atoms with Gasteiger partial charge in [0.2, 0.25) is 0 Å². The molecule has 0 radical (unpaired) electrons. The minimum Gasteiger partial charge on any atom is -0.381 e. The molecule has 2 aliphatic heterocycles. The maximum absolute atomic E-state index is 12.5. The fraction of sp³-hybridized carbons (Fsp3) is 0.643. The second-order valence-electron chi connectivity index (χ2n) is 5.69. The molecule has 3 heterocycles. The lowest BCUT2D eigenvalue weighted by Gasteiger charge is -2.32. The number of aryl methyl sites for hydroxylation is 1. The van der Waals surface area contributed by atoms with E-state index in [1.807, 2.05) is 17.2 Å². The van der Waals surface area contributed by atoms with Crippen molar-refractivity contribution in [1.82, 2.24) is 4.90 Å². The molecule has 2 fully saturated rings. The van der Waals surface area contributed by atoms with Crippen LogP contribution in [0.3, 0.4) is 0 Å².